The summed E-state index contributed by atoms with van der Waals surface area (Å²) < 4.78 is 13.8. The van der Waals surface area contributed by atoms with Crippen LogP contribution in [-0.2, 0) is 0 Å². The van der Waals surface area contributed by atoms with Crippen LogP contribution in [0.3, 0.4) is 0 Å². The predicted octanol–water partition coefficient (Wildman–Crippen LogP) is 4.07. The number of hydrogen-bond acceptors (Lipinski definition) is 5. The summed E-state index contributed by atoms with van der Waals surface area (Å²) >= 11 is 3.05. The maximum atomic E-state index is 13.5. The number of nitrogens with one attached hydrogen (secondary N) is 2. The van der Waals surface area contributed by atoms with E-state index in [1.807, 2.05) is 6.92 Å². The molecule has 110 valence electrons. The normalized spacial score (nSPS) is 10.2. The molecule has 0 bridgehead atoms. The van der Waals surface area contributed by atoms with Crippen LogP contribution >= 0.6 is 15.9 Å². The van der Waals surface area contributed by atoms with Crippen LogP contribution in [0.25, 0.3) is 0 Å². The van der Waals surface area contributed by atoms with Crippen LogP contribution < -0.4 is 10.6 Å². The molecule has 0 saturated heterocycles. The number of pyridine rings is 1. The number of nitrogens with zero attached hydrogens (tertiary/aromatic N) is 2. The van der Waals surface area contributed by atoms with Crippen molar-refractivity contribution in [1.29, 1.82) is 0 Å². The summed E-state index contributed by atoms with van der Waals surface area (Å²) in [5, 5.41) is 16.8. The Morgan fingerprint density at radius 2 is 2.14 bits per heavy atom. The van der Waals surface area contributed by atoms with Crippen molar-refractivity contribution in [2.24, 2.45) is 0 Å². The molecule has 0 fully saturated rings. The van der Waals surface area contributed by atoms with Crippen molar-refractivity contribution in [1.82, 2.24) is 4.98 Å². The number of rotatable bonds is 5. The van der Waals surface area contributed by atoms with E-state index in [0.29, 0.717) is 22.5 Å². The van der Waals surface area contributed by atoms with Crippen LogP contribution in [0.5, 0.6) is 0 Å². The number of benzene rings is 1. The first kappa shape index (κ1) is 15.2. The Hall–Kier alpha value is -2.22. The molecule has 8 heteroatoms. The minimum Gasteiger partial charge on any atom is -0.370 e. The second-order valence-electron chi connectivity index (χ2n) is 4.11. The van der Waals surface area contributed by atoms with E-state index in [0.717, 1.165) is 0 Å². The first-order chi connectivity index (χ1) is 10.0. The highest BCUT2D eigenvalue weighted by Crippen LogP contribution is 2.28. The summed E-state index contributed by atoms with van der Waals surface area (Å²) in [4.78, 5) is 14.6. The summed E-state index contributed by atoms with van der Waals surface area (Å²) in [6.45, 7) is 2.53. The fraction of sp³-hybridized carbons (Fsp3) is 0.154. The van der Waals surface area contributed by atoms with Gasteiger partial charge in [0.15, 0.2) is 0 Å². The molecule has 0 atom stereocenters. The topological polar surface area (TPSA) is 80.1 Å². The highest BCUT2D eigenvalue weighted by molar-refractivity contribution is 9.10. The molecular weight excluding hydrogens is 343 g/mol. The van der Waals surface area contributed by atoms with Crippen LogP contribution in [0.15, 0.2) is 34.8 Å². The minimum absolute atomic E-state index is 0.0557. The maximum absolute atomic E-state index is 13.5. The van der Waals surface area contributed by atoms with Gasteiger partial charge in [0.25, 0.3) is 0 Å². The van der Waals surface area contributed by atoms with Crippen LogP contribution in [0, 0.1) is 15.9 Å². The van der Waals surface area contributed by atoms with E-state index in [2.05, 4.69) is 31.5 Å². The average molecular weight is 355 g/mol. The molecule has 0 aliphatic rings. The number of anilines is 3. The van der Waals surface area contributed by atoms with E-state index in [-0.39, 0.29) is 11.5 Å². The summed E-state index contributed by atoms with van der Waals surface area (Å²) in [5.74, 6) is 0.0915. The molecule has 6 nitrogen and oxygen atoms in total. The lowest BCUT2D eigenvalue weighted by atomic mass is 10.3. The molecule has 0 unspecified atom stereocenters. The fourth-order valence-electron chi connectivity index (χ4n) is 1.68. The molecular formula is C13H12BrFN4O2. The van der Waals surface area contributed by atoms with E-state index in [4.69, 9.17) is 0 Å². The van der Waals surface area contributed by atoms with Crippen molar-refractivity contribution in [2.45, 2.75) is 6.92 Å². The molecule has 2 N–H and O–H groups in total. The number of nitro groups is 1. The molecule has 0 amide bonds. The van der Waals surface area contributed by atoms with Gasteiger partial charge >= 0.3 is 5.69 Å². The van der Waals surface area contributed by atoms with Gasteiger partial charge in [-0.15, -0.1) is 0 Å². The second kappa shape index (κ2) is 6.49. The van der Waals surface area contributed by atoms with Crippen LogP contribution in [0.1, 0.15) is 6.92 Å². The van der Waals surface area contributed by atoms with Gasteiger partial charge in [-0.2, -0.15) is 0 Å². The largest absolute Gasteiger partial charge is 0.370 e. The van der Waals surface area contributed by atoms with Crippen molar-refractivity contribution in [2.75, 3.05) is 17.2 Å². The number of aromatic nitrogens is 1. The molecule has 0 spiro atoms. The smallest absolute Gasteiger partial charge is 0.311 e. The molecule has 0 aliphatic carbocycles. The monoisotopic (exact) mass is 354 g/mol. The molecule has 0 radical (unpaired) electrons. The summed E-state index contributed by atoms with van der Waals surface area (Å²) in [6.07, 6.45) is 0. The van der Waals surface area contributed by atoms with Crippen molar-refractivity contribution in [3.8, 4) is 0 Å². The van der Waals surface area contributed by atoms with Gasteiger partial charge in [0.05, 0.1) is 9.40 Å². The Balaban J connectivity index is 2.37. The summed E-state index contributed by atoms with van der Waals surface area (Å²) in [5.41, 5.74) is 0.194. The molecule has 0 saturated carbocycles. The Labute approximate surface area is 128 Å². The molecule has 21 heavy (non-hydrogen) atoms. The Kier molecular flexibility index (Phi) is 4.69. The molecule has 1 aromatic heterocycles. The zero-order valence-corrected chi connectivity index (χ0v) is 12.6. The lowest BCUT2D eigenvalue weighted by Gasteiger charge is -2.09. The van der Waals surface area contributed by atoms with Gasteiger partial charge in [-0.05, 0) is 47.1 Å². The third kappa shape index (κ3) is 3.66. The fourth-order valence-corrected chi connectivity index (χ4v) is 1.93. The average Bonchev–Trinajstić information content (AvgIpc) is 2.43. The summed E-state index contributed by atoms with van der Waals surface area (Å²) in [6, 6.07) is 7.21. The zero-order chi connectivity index (χ0) is 15.4. The third-order valence-corrected chi connectivity index (χ3v) is 3.25. The highest BCUT2D eigenvalue weighted by Gasteiger charge is 2.16. The minimum atomic E-state index is -0.541. The van der Waals surface area contributed by atoms with E-state index < -0.39 is 10.7 Å². The summed E-state index contributed by atoms with van der Waals surface area (Å²) in [7, 11) is 0. The van der Waals surface area contributed by atoms with Gasteiger partial charge < -0.3 is 10.6 Å². The van der Waals surface area contributed by atoms with Gasteiger partial charge in [-0.25, -0.2) is 9.37 Å². The molecule has 1 heterocycles. The van der Waals surface area contributed by atoms with Crippen LogP contribution in [0.4, 0.5) is 27.4 Å². The lowest BCUT2D eigenvalue weighted by molar-refractivity contribution is -0.384. The Bertz CT molecular complexity index is 681. The first-order valence-electron chi connectivity index (χ1n) is 6.12. The number of halogens is 2. The van der Waals surface area contributed by atoms with E-state index in [9.17, 15) is 14.5 Å². The van der Waals surface area contributed by atoms with Crippen molar-refractivity contribution in [3.63, 3.8) is 0 Å². The zero-order valence-electron chi connectivity index (χ0n) is 11.1. The van der Waals surface area contributed by atoms with Gasteiger partial charge in [-0.3, -0.25) is 10.1 Å². The molecule has 1 aromatic carbocycles. The van der Waals surface area contributed by atoms with E-state index >= 15 is 0 Å². The van der Waals surface area contributed by atoms with Crippen LogP contribution in [0.2, 0.25) is 0 Å². The Morgan fingerprint density at radius 1 is 1.38 bits per heavy atom. The molecule has 2 aromatic rings. The van der Waals surface area contributed by atoms with Gasteiger partial charge in [0, 0.05) is 18.3 Å². The highest BCUT2D eigenvalue weighted by atomic mass is 79.9. The molecule has 2 rings (SSSR count). The lowest BCUT2D eigenvalue weighted by Crippen LogP contribution is -2.04. The van der Waals surface area contributed by atoms with E-state index in [1.165, 1.54) is 24.3 Å². The Morgan fingerprint density at radius 3 is 2.76 bits per heavy atom. The van der Waals surface area contributed by atoms with Gasteiger partial charge in [-0.1, -0.05) is 0 Å². The standard InChI is InChI=1S/C13H12BrFN4O2/c1-2-16-12-6-5-11(19(20)21)13(18-12)17-8-3-4-9(14)10(15)7-8/h3-7H,2H2,1H3,(H2,16,17,18). The van der Waals surface area contributed by atoms with Gasteiger partial charge in [0.1, 0.15) is 11.6 Å². The van der Waals surface area contributed by atoms with Crippen molar-refractivity contribution in [3.05, 3.63) is 50.7 Å². The third-order valence-electron chi connectivity index (χ3n) is 2.61. The van der Waals surface area contributed by atoms with Crippen LogP contribution in [-0.4, -0.2) is 16.5 Å². The van der Waals surface area contributed by atoms with Crippen molar-refractivity contribution >= 4 is 38.9 Å². The second-order valence-corrected chi connectivity index (χ2v) is 4.96. The quantitative estimate of drug-likeness (QED) is 0.624. The number of hydrogen-bond donors (Lipinski definition) is 2. The maximum Gasteiger partial charge on any atom is 0.311 e. The molecule has 0 aliphatic heterocycles. The SMILES string of the molecule is CCNc1ccc([N+](=O)[O-])c(Nc2ccc(Br)c(F)c2)n1. The first-order valence-corrected chi connectivity index (χ1v) is 6.92. The predicted molar refractivity (Wildman–Crippen MR) is 82.4 cm³/mol. The van der Waals surface area contributed by atoms with E-state index in [1.54, 1.807) is 6.07 Å². The van der Waals surface area contributed by atoms with Crippen molar-refractivity contribution < 1.29 is 9.31 Å². The van der Waals surface area contributed by atoms with Gasteiger partial charge in [0.2, 0.25) is 5.82 Å².